The Balaban J connectivity index is 1.52. The highest BCUT2D eigenvalue weighted by Gasteiger charge is 2.26. The Labute approximate surface area is 193 Å². The molecule has 0 bridgehead atoms. The third kappa shape index (κ3) is 4.41. The quantitative estimate of drug-likeness (QED) is 0.363. The molecule has 0 radical (unpaired) electrons. The third-order valence-electron chi connectivity index (χ3n) is 6.07. The van der Waals surface area contributed by atoms with Gasteiger partial charge in [0.2, 0.25) is 0 Å². The van der Waals surface area contributed by atoms with E-state index in [1.54, 1.807) is 13.8 Å². The molecule has 170 valence electrons. The van der Waals surface area contributed by atoms with E-state index in [0.29, 0.717) is 12.5 Å². The van der Waals surface area contributed by atoms with Crippen molar-refractivity contribution in [3.63, 3.8) is 0 Å². The van der Waals surface area contributed by atoms with Crippen molar-refractivity contribution in [3.8, 4) is 22.5 Å². The monoisotopic (exact) mass is 442 g/mol. The van der Waals surface area contributed by atoms with Crippen LogP contribution in [0, 0.1) is 0 Å². The maximum Gasteiger partial charge on any atom is 0.177 e. The van der Waals surface area contributed by atoms with E-state index in [1.165, 1.54) is 12.8 Å². The molecule has 3 aromatic heterocycles. The second-order valence-electron chi connectivity index (χ2n) is 9.49. The maximum absolute atomic E-state index is 10.2. The van der Waals surface area contributed by atoms with Gasteiger partial charge >= 0.3 is 0 Å². The van der Waals surface area contributed by atoms with E-state index in [9.17, 15) is 5.11 Å². The lowest BCUT2D eigenvalue weighted by atomic mass is 10.1. The molecule has 1 aromatic carbocycles. The van der Waals surface area contributed by atoms with Crippen LogP contribution in [-0.4, -0.2) is 41.8 Å². The Hall–Kier alpha value is -3.45. The van der Waals surface area contributed by atoms with Crippen molar-refractivity contribution in [2.45, 2.75) is 52.1 Å². The highest BCUT2D eigenvalue weighted by atomic mass is 16.3. The van der Waals surface area contributed by atoms with Crippen LogP contribution in [0.15, 0.2) is 48.8 Å². The minimum absolute atomic E-state index is 0.408. The molecule has 0 atom stereocenters. The summed E-state index contributed by atoms with van der Waals surface area (Å²) in [5, 5.41) is 18.4. The zero-order valence-corrected chi connectivity index (χ0v) is 19.6. The SMILES string of the molecule is C/C=C(\C)c1cc(NCC(C)(C)O)c2ncc(-c3ccc(-c4cnc(C5CC5)[nH]4)cc3)n2n1. The normalized spacial score (nSPS) is 14.8. The Kier molecular flexibility index (Phi) is 5.29. The van der Waals surface area contributed by atoms with Gasteiger partial charge < -0.3 is 15.4 Å². The summed E-state index contributed by atoms with van der Waals surface area (Å²) in [6, 6.07) is 10.4. The molecule has 3 heterocycles. The average molecular weight is 443 g/mol. The highest BCUT2D eigenvalue weighted by Crippen LogP contribution is 2.39. The van der Waals surface area contributed by atoms with Gasteiger partial charge in [-0.05, 0) is 57.7 Å². The zero-order valence-electron chi connectivity index (χ0n) is 19.6. The van der Waals surface area contributed by atoms with Crippen LogP contribution in [-0.2, 0) is 0 Å². The average Bonchev–Trinajstić information content (AvgIpc) is 3.37. The number of benzene rings is 1. The minimum Gasteiger partial charge on any atom is -0.389 e. The van der Waals surface area contributed by atoms with E-state index in [2.05, 4.69) is 44.5 Å². The molecular formula is C26H30N6O. The van der Waals surface area contributed by atoms with E-state index in [1.807, 2.05) is 42.9 Å². The number of hydrogen-bond donors (Lipinski definition) is 3. The van der Waals surface area contributed by atoms with Crippen molar-refractivity contribution in [2.24, 2.45) is 0 Å². The number of aromatic nitrogens is 5. The first-order chi connectivity index (χ1) is 15.8. The van der Waals surface area contributed by atoms with Crippen LogP contribution in [0.4, 0.5) is 5.69 Å². The summed E-state index contributed by atoms with van der Waals surface area (Å²) in [6.45, 7) is 8.01. The number of rotatable bonds is 7. The van der Waals surface area contributed by atoms with Gasteiger partial charge in [-0.25, -0.2) is 14.5 Å². The molecule has 0 saturated heterocycles. The van der Waals surface area contributed by atoms with Gasteiger partial charge in [0.25, 0.3) is 0 Å². The molecule has 3 N–H and O–H groups in total. The predicted molar refractivity (Wildman–Crippen MR) is 132 cm³/mol. The molecular weight excluding hydrogens is 412 g/mol. The summed E-state index contributed by atoms with van der Waals surface area (Å²) in [4.78, 5) is 12.6. The molecule has 4 aromatic rings. The fourth-order valence-corrected chi connectivity index (χ4v) is 3.82. The topological polar surface area (TPSA) is 91.1 Å². The number of fused-ring (bicyclic) bond motifs is 1. The summed E-state index contributed by atoms with van der Waals surface area (Å²) in [5.41, 5.74) is 6.77. The van der Waals surface area contributed by atoms with Crippen LogP contribution in [0.3, 0.4) is 0 Å². The van der Waals surface area contributed by atoms with Crippen LogP contribution < -0.4 is 5.32 Å². The number of H-pyrrole nitrogens is 1. The van der Waals surface area contributed by atoms with E-state index in [0.717, 1.165) is 50.9 Å². The fraction of sp³-hybridized carbons (Fsp3) is 0.346. The van der Waals surface area contributed by atoms with E-state index >= 15 is 0 Å². The summed E-state index contributed by atoms with van der Waals surface area (Å²) >= 11 is 0. The standard InChI is InChI=1S/C26H30N6O/c1-5-16(2)20-12-21(29-15-26(3,4)33)25-28-14-23(32(25)31-20)18-8-6-17(7-9-18)22-13-27-24(30-22)19-10-11-19/h5-9,12-14,19,29,33H,10-11,15H2,1-4H3,(H,27,30)/b16-5+. The molecule has 0 amide bonds. The van der Waals surface area contributed by atoms with Gasteiger partial charge in [-0.2, -0.15) is 5.10 Å². The number of anilines is 1. The van der Waals surface area contributed by atoms with Crippen LogP contribution >= 0.6 is 0 Å². The number of aliphatic hydroxyl groups is 1. The van der Waals surface area contributed by atoms with Crippen molar-refractivity contribution in [1.82, 2.24) is 24.6 Å². The largest absolute Gasteiger partial charge is 0.389 e. The fourth-order valence-electron chi connectivity index (χ4n) is 3.82. The van der Waals surface area contributed by atoms with Gasteiger partial charge in [-0.1, -0.05) is 30.3 Å². The van der Waals surface area contributed by atoms with Crippen molar-refractivity contribution < 1.29 is 5.11 Å². The van der Waals surface area contributed by atoms with Crippen LogP contribution in [0.1, 0.15) is 58.0 Å². The highest BCUT2D eigenvalue weighted by molar-refractivity contribution is 5.77. The molecule has 7 heteroatoms. The Bertz CT molecular complexity index is 1320. The lowest BCUT2D eigenvalue weighted by Crippen LogP contribution is -2.29. The van der Waals surface area contributed by atoms with E-state index < -0.39 is 5.60 Å². The summed E-state index contributed by atoms with van der Waals surface area (Å²) in [7, 11) is 0. The smallest absolute Gasteiger partial charge is 0.177 e. The van der Waals surface area contributed by atoms with Crippen molar-refractivity contribution in [1.29, 1.82) is 0 Å². The van der Waals surface area contributed by atoms with Gasteiger partial charge in [0.05, 0.1) is 40.8 Å². The number of aromatic amines is 1. The molecule has 5 rings (SSSR count). The zero-order chi connectivity index (χ0) is 23.2. The van der Waals surface area contributed by atoms with Crippen LogP contribution in [0.5, 0.6) is 0 Å². The van der Waals surface area contributed by atoms with Crippen molar-refractivity contribution in [3.05, 3.63) is 60.3 Å². The van der Waals surface area contributed by atoms with Gasteiger partial charge in [-0.15, -0.1) is 0 Å². The number of nitrogens with one attached hydrogen (secondary N) is 2. The number of nitrogens with zero attached hydrogens (tertiary/aromatic N) is 4. The summed E-state index contributed by atoms with van der Waals surface area (Å²) in [6.07, 6.45) is 8.27. The van der Waals surface area contributed by atoms with E-state index in [-0.39, 0.29) is 0 Å². The maximum atomic E-state index is 10.2. The Morgan fingerprint density at radius 3 is 2.58 bits per heavy atom. The molecule has 1 fully saturated rings. The first-order valence-corrected chi connectivity index (χ1v) is 11.5. The molecule has 0 spiro atoms. The second kappa shape index (κ2) is 8.15. The van der Waals surface area contributed by atoms with Gasteiger partial charge in [0, 0.05) is 18.0 Å². The van der Waals surface area contributed by atoms with Gasteiger partial charge in [0.1, 0.15) is 5.82 Å². The molecule has 0 aliphatic heterocycles. The molecule has 0 unspecified atom stereocenters. The van der Waals surface area contributed by atoms with E-state index in [4.69, 9.17) is 5.10 Å². The molecule has 1 saturated carbocycles. The van der Waals surface area contributed by atoms with Crippen molar-refractivity contribution in [2.75, 3.05) is 11.9 Å². The molecule has 7 nitrogen and oxygen atoms in total. The minimum atomic E-state index is -0.840. The van der Waals surface area contributed by atoms with Crippen LogP contribution in [0.2, 0.25) is 0 Å². The third-order valence-corrected chi connectivity index (χ3v) is 6.07. The Morgan fingerprint density at radius 2 is 1.91 bits per heavy atom. The number of hydrogen-bond acceptors (Lipinski definition) is 5. The van der Waals surface area contributed by atoms with Crippen molar-refractivity contribution >= 4 is 16.9 Å². The summed E-state index contributed by atoms with van der Waals surface area (Å²) in [5.74, 6) is 1.70. The second-order valence-corrected chi connectivity index (χ2v) is 9.49. The van der Waals surface area contributed by atoms with Gasteiger partial charge in [0.15, 0.2) is 5.65 Å². The van der Waals surface area contributed by atoms with Gasteiger partial charge in [-0.3, -0.25) is 0 Å². The molecule has 33 heavy (non-hydrogen) atoms. The lowest BCUT2D eigenvalue weighted by Gasteiger charge is -2.19. The first-order valence-electron chi connectivity index (χ1n) is 11.5. The molecule has 1 aliphatic rings. The lowest BCUT2D eigenvalue weighted by molar-refractivity contribution is 0.0945. The van der Waals surface area contributed by atoms with Crippen LogP contribution in [0.25, 0.3) is 33.7 Å². The number of allylic oxidation sites excluding steroid dienone is 2. The predicted octanol–water partition coefficient (Wildman–Crippen LogP) is 5.27. The Morgan fingerprint density at radius 1 is 1.18 bits per heavy atom. The first kappa shape index (κ1) is 21.4. The summed E-state index contributed by atoms with van der Waals surface area (Å²) < 4.78 is 1.88. The number of imidazole rings is 2. The molecule has 1 aliphatic carbocycles.